The summed E-state index contributed by atoms with van der Waals surface area (Å²) in [5.74, 6) is -0.0492. The molecule has 19 heavy (non-hydrogen) atoms. The Morgan fingerprint density at radius 2 is 2.05 bits per heavy atom. The standard InChI is InChI=1S/C15H20O4/c1-15(18)9-13(19-14(17)10-15)4-2-3-11-5-7-12(16)8-6-11/h5-8,13,16,18H,2-4,9-10H2,1H3. The first-order valence-corrected chi connectivity index (χ1v) is 6.64. The van der Waals surface area contributed by atoms with Crippen LogP contribution in [0.25, 0.3) is 0 Å². The zero-order valence-corrected chi connectivity index (χ0v) is 11.1. The van der Waals surface area contributed by atoms with Crippen LogP contribution in [0.4, 0.5) is 0 Å². The first kappa shape index (κ1) is 13.9. The van der Waals surface area contributed by atoms with Crippen molar-refractivity contribution in [2.75, 3.05) is 0 Å². The monoisotopic (exact) mass is 264 g/mol. The van der Waals surface area contributed by atoms with Crippen molar-refractivity contribution in [2.45, 2.75) is 50.7 Å². The van der Waals surface area contributed by atoms with E-state index in [4.69, 9.17) is 4.74 Å². The third-order valence-corrected chi connectivity index (χ3v) is 3.42. The minimum atomic E-state index is -0.932. The molecule has 4 heteroatoms. The van der Waals surface area contributed by atoms with Crippen LogP contribution in [-0.2, 0) is 16.0 Å². The van der Waals surface area contributed by atoms with E-state index in [1.165, 1.54) is 0 Å². The molecule has 2 rings (SSSR count). The molecule has 2 atom stereocenters. The van der Waals surface area contributed by atoms with Crippen LogP contribution in [0.1, 0.15) is 38.2 Å². The van der Waals surface area contributed by atoms with Crippen molar-refractivity contribution in [1.29, 1.82) is 0 Å². The molecule has 0 spiro atoms. The van der Waals surface area contributed by atoms with Gasteiger partial charge in [0.25, 0.3) is 0 Å². The number of cyclic esters (lactones) is 1. The van der Waals surface area contributed by atoms with Crippen LogP contribution in [0, 0.1) is 0 Å². The van der Waals surface area contributed by atoms with Crippen LogP contribution in [-0.4, -0.2) is 27.9 Å². The summed E-state index contributed by atoms with van der Waals surface area (Å²) in [5, 5.41) is 19.1. The molecule has 0 bridgehead atoms. The minimum Gasteiger partial charge on any atom is -0.508 e. The molecule has 104 valence electrons. The second kappa shape index (κ2) is 5.61. The van der Waals surface area contributed by atoms with Crippen LogP contribution >= 0.6 is 0 Å². The van der Waals surface area contributed by atoms with Gasteiger partial charge in [-0.1, -0.05) is 12.1 Å². The molecule has 1 heterocycles. The van der Waals surface area contributed by atoms with Gasteiger partial charge in [0.05, 0.1) is 12.0 Å². The van der Waals surface area contributed by atoms with E-state index in [1.807, 2.05) is 12.1 Å². The number of aryl methyl sites for hydroxylation is 1. The van der Waals surface area contributed by atoms with Crippen molar-refractivity contribution in [3.8, 4) is 5.75 Å². The number of aliphatic hydroxyl groups is 1. The molecule has 2 unspecified atom stereocenters. The molecule has 0 radical (unpaired) electrons. The molecule has 4 nitrogen and oxygen atoms in total. The number of benzene rings is 1. The van der Waals surface area contributed by atoms with Crippen molar-refractivity contribution < 1.29 is 19.7 Å². The number of esters is 1. The van der Waals surface area contributed by atoms with Gasteiger partial charge in [-0.05, 0) is 43.9 Å². The second-order valence-electron chi connectivity index (χ2n) is 5.55. The molecule has 0 aliphatic carbocycles. The Hall–Kier alpha value is -1.55. The van der Waals surface area contributed by atoms with Gasteiger partial charge in [0.2, 0.25) is 0 Å². The van der Waals surface area contributed by atoms with Crippen molar-refractivity contribution >= 4 is 5.97 Å². The van der Waals surface area contributed by atoms with Crippen molar-refractivity contribution in [3.05, 3.63) is 29.8 Å². The lowest BCUT2D eigenvalue weighted by molar-refractivity contribution is -0.168. The third-order valence-electron chi connectivity index (χ3n) is 3.42. The molecule has 1 aromatic carbocycles. The molecule has 1 aliphatic rings. The fraction of sp³-hybridized carbons (Fsp3) is 0.533. The predicted octanol–water partition coefficient (Wildman–Crippen LogP) is 2.17. The lowest BCUT2D eigenvalue weighted by atomic mass is 9.90. The molecule has 1 fully saturated rings. The molecule has 0 aromatic heterocycles. The summed E-state index contributed by atoms with van der Waals surface area (Å²) in [6, 6.07) is 7.11. The SMILES string of the molecule is CC1(O)CC(=O)OC(CCCc2ccc(O)cc2)C1. The maximum atomic E-state index is 11.3. The first-order chi connectivity index (χ1) is 8.94. The molecule has 1 saturated heterocycles. The van der Waals surface area contributed by atoms with E-state index in [9.17, 15) is 15.0 Å². The number of ether oxygens (including phenoxy) is 1. The topological polar surface area (TPSA) is 66.8 Å². The van der Waals surface area contributed by atoms with Gasteiger partial charge in [0.1, 0.15) is 11.9 Å². The summed E-state index contributed by atoms with van der Waals surface area (Å²) in [5.41, 5.74) is 0.213. The Kier molecular flexibility index (Phi) is 4.10. The predicted molar refractivity (Wildman–Crippen MR) is 70.8 cm³/mol. The lowest BCUT2D eigenvalue weighted by Gasteiger charge is -2.33. The smallest absolute Gasteiger partial charge is 0.308 e. The molecular formula is C15H20O4. The van der Waals surface area contributed by atoms with Gasteiger partial charge in [0, 0.05) is 6.42 Å². The highest BCUT2D eigenvalue weighted by Gasteiger charge is 2.35. The Bertz CT molecular complexity index is 436. The summed E-state index contributed by atoms with van der Waals surface area (Å²) in [6.45, 7) is 1.68. The van der Waals surface area contributed by atoms with Gasteiger partial charge in [-0.3, -0.25) is 4.79 Å². The average molecular weight is 264 g/mol. The van der Waals surface area contributed by atoms with Gasteiger partial charge in [-0.25, -0.2) is 0 Å². The van der Waals surface area contributed by atoms with E-state index < -0.39 is 5.60 Å². The Balaban J connectivity index is 1.79. The molecular weight excluding hydrogens is 244 g/mol. The highest BCUT2D eigenvalue weighted by molar-refractivity contribution is 5.71. The zero-order valence-electron chi connectivity index (χ0n) is 11.1. The van der Waals surface area contributed by atoms with E-state index in [0.29, 0.717) is 6.42 Å². The zero-order chi connectivity index (χ0) is 13.9. The highest BCUT2D eigenvalue weighted by Crippen LogP contribution is 2.27. The summed E-state index contributed by atoms with van der Waals surface area (Å²) < 4.78 is 5.24. The van der Waals surface area contributed by atoms with E-state index in [0.717, 1.165) is 24.8 Å². The number of carbonyl (C=O) groups is 1. The number of aromatic hydroxyl groups is 1. The molecule has 2 N–H and O–H groups in total. The number of phenols is 1. The Morgan fingerprint density at radius 3 is 2.68 bits per heavy atom. The number of phenolic OH excluding ortho intramolecular Hbond substituents is 1. The number of rotatable bonds is 4. The summed E-state index contributed by atoms with van der Waals surface area (Å²) in [4.78, 5) is 11.3. The van der Waals surface area contributed by atoms with Crippen molar-refractivity contribution in [2.24, 2.45) is 0 Å². The maximum absolute atomic E-state index is 11.3. The fourth-order valence-corrected chi connectivity index (χ4v) is 2.50. The summed E-state index contributed by atoms with van der Waals surface area (Å²) >= 11 is 0. The fourth-order valence-electron chi connectivity index (χ4n) is 2.50. The van der Waals surface area contributed by atoms with Crippen LogP contribution in [0.2, 0.25) is 0 Å². The van der Waals surface area contributed by atoms with Gasteiger partial charge in [0.15, 0.2) is 0 Å². The second-order valence-corrected chi connectivity index (χ2v) is 5.55. The van der Waals surface area contributed by atoms with Gasteiger partial charge < -0.3 is 14.9 Å². The quantitative estimate of drug-likeness (QED) is 0.818. The first-order valence-electron chi connectivity index (χ1n) is 6.64. The molecule has 1 aromatic rings. The van der Waals surface area contributed by atoms with Gasteiger partial charge in [-0.2, -0.15) is 0 Å². The molecule has 0 amide bonds. The number of carbonyl (C=O) groups excluding carboxylic acids is 1. The van der Waals surface area contributed by atoms with Crippen molar-refractivity contribution in [3.63, 3.8) is 0 Å². The Morgan fingerprint density at radius 1 is 1.37 bits per heavy atom. The minimum absolute atomic E-state index is 0.0848. The van der Waals surface area contributed by atoms with E-state index >= 15 is 0 Å². The van der Waals surface area contributed by atoms with Crippen LogP contribution < -0.4 is 0 Å². The van der Waals surface area contributed by atoms with E-state index in [2.05, 4.69) is 0 Å². The van der Waals surface area contributed by atoms with E-state index in [-0.39, 0.29) is 24.2 Å². The van der Waals surface area contributed by atoms with Crippen LogP contribution in [0.3, 0.4) is 0 Å². The van der Waals surface area contributed by atoms with Gasteiger partial charge >= 0.3 is 5.97 Å². The summed E-state index contributed by atoms with van der Waals surface area (Å²) in [6.07, 6.45) is 2.92. The normalized spacial score (nSPS) is 27.1. The number of hydrogen-bond acceptors (Lipinski definition) is 4. The molecule has 0 saturated carbocycles. The molecule has 1 aliphatic heterocycles. The Labute approximate surface area is 113 Å². The maximum Gasteiger partial charge on any atom is 0.308 e. The largest absolute Gasteiger partial charge is 0.508 e. The van der Waals surface area contributed by atoms with Gasteiger partial charge in [-0.15, -0.1) is 0 Å². The summed E-state index contributed by atoms with van der Waals surface area (Å²) in [7, 11) is 0. The number of hydrogen-bond donors (Lipinski definition) is 2. The van der Waals surface area contributed by atoms with E-state index in [1.54, 1.807) is 19.1 Å². The average Bonchev–Trinajstić information content (AvgIpc) is 2.29. The van der Waals surface area contributed by atoms with Crippen LogP contribution in [0.15, 0.2) is 24.3 Å². The van der Waals surface area contributed by atoms with Crippen molar-refractivity contribution in [1.82, 2.24) is 0 Å². The third kappa shape index (κ3) is 4.24. The lowest BCUT2D eigenvalue weighted by Crippen LogP contribution is -2.40. The van der Waals surface area contributed by atoms with Crippen LogP contribution in [0.5, 0.6) is 5.75 Å². The highest BCUT2D eigenvalue weighted by atomic mass is 16.5.